The average molecular weight is 156 g/mol. The van der Waals surface area contributed by atoms with Gasteiger partial charge in [-0.25, -0.2) is 9.59 Å². The van der Waals surface area contributed by atoms with E-state index in [1.54, 1.807) is 6.92 Å². The van der Waals surface area contributed by atoms with Gasteiger partial charge in [-0.1, -0.05) is 6.92 Å². The van der Waals surface area contributed by atoms with E-state index in [4.69, 9.17) is 5.11 Å². The van der Waals surface area contributed by atoms with Crippen molar-refractivity contribution in [2.24, 2.45) is 0 Å². The molecule has 1 heterocycles. The van der Waals surface area contributed by atoms with Crippen LogP contribution in [0.1, 0.15) is 23.1 Å². The molecule has 0 aliphatic rings. The number of aromatic carboxylic acids is 1. The molecule has 0 aliphatic carbocycles. The molecule has 0 aliphatic heterocycles. The number of H-pyrrole nitrogens is 2. The Balaban J connectivity index is 3.23. The van der Waals surface area contributed by atoms with E-state index in [0.717, 1.165) is 0 Å². The van der Waals surface area contributed by atoms with Crippen molar-refractivity contribution in [3.05, 3.63) is 21.9 Å². The molecule has 0 fully saturated rings. The third-order valence-corrected chi connectivity index (χ3v) is 1.37. The molecule has 5 heteroatoms. The summed E-state index contributed by atoms with van der Waals surface area (Å²) in [6.07, 6.45) is 0.500. The van der Waals surface area contributed by atoms with Crippen LogP contribution in [0, 0.1) is 0 Å². The van der Waals surface area contributed by atoms with Crippen LogP contribution in [-0.2, 0) is 6.42 Å². The molecule has 0 saturated carbocycles. The minimum Gasteiger partial charge on any atom is -0.477 e. The second-order valence-corrected chi connectivity index (χ2v) is 2.09. The van der Waals surface area contributed by atoms with E-state index < -0.39 is 11.7 Å². The SMILES string of the molecule is CCc1[nH]c(=O)[nH]c1C(=O)O. The van der Waals surface area contributed by atoms with Crippen molar-refractivity contribution in [2.45, 2.75) is 13.3 Å². The zero-order valence-corrected chi connectivity index (χ0v) is 5.97. The van der Waals surface area contributed by atoms with Crippen molar-refractivity contribution in [3.63, 3.8) is 0 Å². The van der Waals surface area contributed by atoms with Gasteiger partial charge in [-0.15, -0.1) is 0 Å². The highest BCUT2D eigenvalue weighted by Crippen LogP contribution is 1.99. The Hall–Kier alpha value is -1.52. The van der Waals surface area contributed by atoms with Crippen LogP contribution < -0.4 is 5.69 Å². The minimum absolute atomic E-state index is 0.0440. The highest BCUT2D eigenvalue weighted by molar-refractivity contribution is 5.86. The Morgan fingerprint density at radius 2 is 2.18 bits per heavy atom. The number of aromatic amines is 2. The molecule has 3 N–H and O–H groups in total. The lowest BCUT2D eigenvalue weighted by Gasteiger charge is -1.90. The number of nitrogens with one attached hydrogen (secondary N) is 2. The van der Waals surface area contributed by atoms with Crippen LogP contribution in [0.25, 0.3) is 0 Å². The van der Waals surface area contributed by atoms with Crippen LogP contribution in [0.3, 0.4) is 0 Å². The molecule has 0 radical (unpaired) electrons. The van der Waals surface area contributed by atoms with Gasteiger partial charge in [0.1, 0.15) is 5.69 Å². The highest BCUT2D eigenvalue weighted by Gasteiger charge is 2.11. The number of carbonyl (C=O) groups is 1. The largest absolute Gasteiger partial charge is 0.477 e. The van der Waals surface area contributed by atoms with Gasteiger partial charge in [-0.2, -0.15) is 0 Å². The van der Waals surface area contributed by atoms with Gasteiger partial charge < -0.3 is 10.1 Å². The first kappa shape index (κ1) is 7.59. The first-order valence-electron chi connectivity index (χ1n) is 3.19. The smallest absolute Gasteiger partial charge is 0.354 e. The number of carboxylic acid groups (broad SMARTS) is 1. The molecular formula is C6H8N2O3. The van der Waals surface area contributed by atoms with E-state index in [1.165, 1.54) is 0 Å². The molecule has 0 aromatic carbocycles. The molecule has 0 amide bonds. The quantitative estimate of drug-likeness (QED) is 0.561. The van der Waals surface area contributed by atoms with Crippen LogP contribution in [0.2, 0.25) is 0 Å². The highest BCUT2D eigenvalue weighted by atomic mass is 16.4. The maximum atomic E-state index is 10.6. The molecule has 0 saturated heterocycles. The van der Waals surface area contributed by atoms with Gasteiger partial charge in [0.25, 0.3) is 0 Å². The minimum atomic E-state index is -1.11. The Labute approximate surface area is 62.1 Å². The second-order valence-electron chi connectivity index (χ2n) is 2.09. The molecule has 1 rings (SSSR count). The van der Waals surface area contributed by atoms with E-state index in [-0.39, 0.29) is 5.69 Å². The first-order valence-corrected chi connectivity index (χ1v) is 3.19. The summed E-state index contributed by atoms with van der Waals surface area (Å²) in [5, 5.41) is 8.52. The van der Waals surface area contributed by atoms with Gasteiger partial charge in [0, 0.05) is 0 Å². The standard InChI is InChI=1S/C6H8N2O3/c1-2-3-4(5(9)10)8-6(11)7-3/h2H2,1H3,(H,9,10)(H2,7,8,11). The van der Waals surface area contributed by atoms with E-state index in [1.807, 2.05) is 0 Å². The lowest BCUT2D eigenvalue weighted by molar-refractivity contribution is 0.0689. The van der Waals surface area contributed by atoms with Crippen molar-refractivity contribution in [1.82, 2.24) is 9.97 Å². The molecule has 1 aromatic rings. The van der Waals surface area contributed by atoms with Crippen LogP contribution in [-0.4, -0.2) is 21.0 Å². The normalized spacial score (nSPS) is 9.91. The predicted molar refractivity (Wildman–Crippen MR) is 37.8 cm³/mol. The van der Waals surface area contributed by atoms with Gasteiger partial charge in [0.05, 0.1) is 5.69 Å². The molecule has 0 spiro atoms. The average Bonchev–Trinajstić information content (AvgIpc) is 2.30. The maximum absolute atomic E-state index is 10.6. The molecule has 0 atom stereocenters. The molecule has 5 nitrogen and oxygen atoms in total. The van der Waals surface area contributed by atoms with E-state index in [9.17, 15) is 9.59 Å². The van der Waals surface area contributed by atoms with Gasteiger partial charge in [0.15, 0.2) is 0 Å². The number of imidazole rings is 1. The lowest BCUT2D eigenvalue weighted by atomic mass is 10.3. The van der Waals surface area contributed by atoms with Gasteiger partial charge in [0.2, 0.25) is 0 Å². The fourth-order valence-electron chi connectivity index (χ4n) is 0.867. The summed E-state index contributed by atoms with van der Waals surface area (Å²) in [6.45, 7) is 1.77. The maximum Gasteiger partial charge on any atom is 0.354 e. The zero-order chi connectivity index (χ0) is 8.43. The Kier molecular flexibility index (Phi) is 1.80. The molecule has 1 aromatic heterocycles. The van der Waals surface area contributed by atoms with Crippen molar-refractivity contribution in [3.8, 4) is 0 Å². The third kappa shape index (κ3) is 1.31. The summed E-state index contributed by atoms with van der Waals surface area (Å²) in [6, 6.07) is 0. The second kappa shape index (κ2) is 2.61. The van der Waals surface area contributed by atoms with Crippen molar-refractivity contribution < 1.29 is 9.90 Å². The number of hydrogen-bond donors (Lipinski definition) is 3. The number of aryl methyl sites for hydroxylation is 1. The number of carboxylic acids is 1. The summed E-state index contributed by atoms with van der Waals surface area (Å²) >= 11 is 0. The van der Waals surface area contributed by atoms with Gasteiger partial charge in [-0.05, 0) is 6.42 Å². The molecule has 0 unspecified atom stereocenters. The van der Waals surface area contributed by atoms with Gasteiger partial charge in [-0.3, -0.25) is 4.98 Å². The summed E-state index contributed by atoms with van der Waals surface area (Å²) in [5.41, 5.74) is -0.0840. The van der Waals surface area contributed by atoms with E-state index >= 15 is 0 Å². The molecule has 60 valence electrons. The molecule has 0 bridgehead atoms. The number of hydrogen-bond acceptors (Lipinski definition) is 2. The summed E-state index contributed by atoms with van der Waals surface area (Å²) < 4.78 is 0. The lowest BCUT2D eigenvalue weighted by Crippen LogP contribution is -2.04. The Morgan fingerprint density at radius 3 is 2.55 bits per heavy atom. The van der Waals surface area contributed by atoms with E-state index in [0.29, 0.717) is 12.1 Å². The van der Waals surface area contributed by atoms with Crippen LogP contribution in [0.5, 0.6) is 0 Å². The summed E-state index contributed by atoms with van der Waals surface area (Å²) in [7, 11) is 0. The first-order chi connectivity index (χ1) is 5.15. The van der Waals surface area contributed by atoms with Crippen molar-refractivity contribution in [1.29, 1.82) is 0 Å². The molecular weight excluding hydrogens is 148 g/mol. The fraction of sp³-hybridized carbons (Fsp3) is 0.333. The van der Waals surface area contributed by atoms with E-state index in [2.05, 4.69) is 9.97 Å². The van der Waals surface area contributed by atoms with Crippen molar-refractivity contribution in [2.75, 3.05) is 0 Å². The number of rotatable bonds is 2. The molecule has 11 heavy (non-hydrogen) atoms. The topological polar surface area (TPSA) is 86.0 Å². The van der Waals surface area contributed by atoms with Crippen LogP contribution in [0.4, 0.5) is 0 Å². The summed E-state index contributed by atoms with van der Waals surface area (Å²) in [5.74, 6) is -1.11. The Morgan fingerprint density at radius 1 is 1.55 bits per heavy atom. The summed E-state index contributed by atoms with van der Waals surface area (Å²) in [4.78, 5) is 25.6. The third-order valence-electron chi connectivity index (χ3n) is 1.37. The van der Waals surface area contributed by atoms with Crippen LogP contribution in [0.15, 0.2) is 4.79 Å². The fourth-order valence-corrected chi connectivity index (χ4v) is 0.867. The Bertz CT molecular complexity index is 323. The predicted octanol–water partition coefficient (Wildman–Crippen LogP) is -0.0364. The zero-order valence-electron chi connectivity index (χ0n) is 5.97. The van der Waals surface area contributed by atoms with Crippen LogP contribution >= 0.6 is 0 Å². The van der Waals surface area contributed by atoms with Crippen molar-refractivity contribution >= 4 is 5.97 Å². The monoisotopic (exact) mass is 156 g/mol. The number of aromatic nitrogens is 2. The van der Waals surface area contributed by atoms with Gasteiger partial charge >= 0.3 is 11.7 Å².